The Morgan fingerprint density at radius 2 is 2.07 bits per heavy atom. The molecule has 0 saturated carbocycles. The third-order valence-electron chi connectivity index (χ3n) is 4.32. The van der Waals surface area contributed by atoms with Crippen LogP contribution in [0.3, 0.4) is 0 Å². The molecular weight excluding hydrogens is 414 g/mol. The van der Waals surface area contributed by atoms with Crippen molar-refractivity contribution in [3.8, 4) is 0 Å². The Morgan fingerprint density at radius 3 is 2.79 bits per heavy atom. The summed E-state index contributed by atoms with van der Waals surface area (Å²) in [6.07, 6.45) is 2.50. The van der Waals surface area contributed by atoms with Crippen LogP contribution in [0.1, 0.15) is 20.9 Å². The minimum atomic E-state index is -0.582. The standard InChI is InChI=1S/C19H14ClN5O3S/c1-11-14-8-17(18(26)22-15-6-7-21-9-16(15)25(27)28)29-19(14)24(23-11)10-12-2-4-13(20)5-3-12/h2-9H,10H2,1H3,(H,21,22,26). The fourth-order valence-corrected chi connectivity index (χ4v) is 4.10. The highest BCUT2D eigenvalue weighted by Crippen LogP contribution is 2.30. The number of anilines is 1. The first-order valence-electron chi connectivity index (χ1n) is 8.53. The number of aryl methyl sites for hydroxylation is 1. The maximum atomic E-state index is 12.7. The molecule has 0 aliphatic rings. The van der Waals surface area contributed by atoms with Gasteiger partial charge in [-0.2, -0.15) is 5.10 Å². The van der Waals surface area contributed by atoms with E-state index in [1.165, 1.54) is 23.6 Å². The molecular formula is C19H14ClN5O3S. The molecule has 0 atom stereocenters. The van der Waals surface area contributed by atoms with Crippen molar-refractivity contribution in [2.75, 3.05) is 5.32 Å². The lowest BCUT2D eigenvalue weighted by Gasteiger charge is -2.04. The second-order valence-electron chi connectivity index (χ2n) is 6.30. The molecule has 146 valence electrons. The topological polar surface area (TPSA) is 103 Å². The molecule has 0 radical (unpaired) electrons. The number of carbonyl (C=O) groups is 1. The van der Waals surface area contributed by atoms with Crippen molar-refractivity contribution in [1.29, 1.82) is 0 Å². The average Bonchev–Trinajstić information content (AvgIpc) is 3.25. The number of nitrogens with zero attached hydrogens (tertiary/aromatic N) is 4. The van der Waals surface area contributed by atoms with E-state index in [1.54, 1.807) is 6.07 Å². The van der Waals surface area contributed by atoms with E-state index in [1.807, 2.05) is 35.9 Å². The Bertz CT molecular complexity index is 1230. The van der Waals surface area contributed by atoms with Gasteiger partial charge in [0.1, 0.15) is 16.7 Å². The summed E-state index contributed by atoms with van der Waals surface area (Å²) in [6.45, 7) is 2.42. The van der Waals surface area contributed by atoms with Crippen LogP contribution in [-0.2, 0) is 6.54 Å². The molecule has 29 heavy (non-hydrogen) atoms. The highest BCUT2D eigenvalue weighted by atomic mass is 35.5. The van der Waals surface area contributed by atoms with Crippen molar-refractivity contribution in [1.82, 2.24) is 14.8 Å². The number of fused-ring (bicyclic) bond motifs is 1. The number of aromatic nitrogens is 3. The largest absolute Gasteiger partial charge is 0.315 e. The Labute approximate surface area is 173 Å². The first-order valence-corrected chi connectivity index (χ1v) is 9.73. The van der Waals surface area contributed by atoms with E-state index < -0.39 is 10.8 Å². The van der Waals surface area contributed by atoms with Gasteiger partial charge in [-0.15, -0.1) is 11.3 Å². The lowest BCUT2D eigenvalue weighted by Crippen LogP contribution is -2.11. The van der Waals surface area contributed by atoms with Crippen LogP contribution < -0.4 is 5.32 Å². The Hall–Kier alpha value is -3.30. The van der Waals surface area contributed by atoms with Crippen LogP contribution in [0.2, 0.25) is 5.02 Å². The molecule has 1 N–H and O–H groups in total. The molecule has 8 nitrogen and oxygen atoms in total. The number of nitro groups is 1. The molecule has 0 bridgehead atoms. The van der Waals surface area contributed by atoms with E-state index >= 15 is 0 Å². The van der Waals surface area contributed by atoms with Gasteiger partial charge in [-0.25, -0.2) is 0 Å². The zero-order chi connectivity index (χ0) is 20.5. The molecule has 0 spiro atoms. The Morgan fingerprint density at radius 1 is 1.31 bits per heavy atom. The quantitative estimate of drug-likeness (QED) is 0.368. The first kappa shape index (κ1) is 19.0. The van der Waals surface area contributed by atoms with Crippen LogP contribution in [-0.4, -0.2) is 25.6 Å². The van der Waals surface area contributed by atoms with Crippen LogP contribution in [0.5, 0.6) is 0 Å². The molecule has 0 aliphatic heterocycles. The predicted octanol–water partition coefficient (Wildman–Crippen LogP) is 4.66. The van der Waals surface area contributed by atoms with Gasteiger partial charge in [-0.1, -0.05) is 23.7 Å². The van der Waals surface area contributed by atoms with Crippen LogP contribution in [0.25, 0.3) is 10.2 Å². The molecule has 1 aromatic carbocycles. The van der Waals surface area contributed by atoms with E-state index in [-0.39, 0.29) is 11.4 Å². The lowest BCUT2D eigenvalue weighted by molar-refractivity contribution is -0.384. The summed E-state index contributed by atoms with van der Waals surface area (Å²) in [5.41, 5.74) is 1.68. The highest BCUT2D eigenvalue weighted by Gasteiger charge is 2.20. The van der Waals surface area contributed by atoms with Gasteiger partial charge in [0.15, 0.2) is 0 Å². The molecule has 0 unspecified atom stereocenters. The van der Waals surface area contributed by atoms with Crippen molar-refractivity contribution in [3.05, 3.63) is 80.1 Å². The van der Waals surface area contributed by atoms with Gasteiger partial charge in [0, 0.05) is 16.6 Å². The van der Waals surface area contributed by atoms with E-state index in [4.69, 9.17) is 11.6 Å². The molecule has 0 saturated heterocycles. The fourth-order valence-electron chi connectivity index (χ4n) is 2.92. The number of benzene rings is 1. The van der Waals surface area contributed by atoms with Crippen LogP contribution in [0.15, 0.2) is 48.8 Å². The van der Waals surface area contributed by atoms with Gasteiger partial charge in [-0.05, 0) is 36.8 Å². The third kappa shape index (κ3) is 3.82. The van der Waals surface area contributed by atoms with Crippen LogP contribution in [0, 0.1) is 17.0 Å². The number of carbonyl (C=O) groups excluding carboxylic acids is 1. The molecule has 3 aromatic heterocycles. The van der Waals surface area contributed by atoms with Crippen molar-refractivity contribution in [2.24, 2.45) is 0 Å². The number of nitrogens with one attached hydrogen (secondary N) is 1. The fraction of sp³-hybridized carbons (Fsp3) is 0.105. The number of pyridine rings is 1. The summed E-state index contributed by atoms with van der Waals surface area (Å²) in [5, 5.41) is 19.8. The van der Waals surface area contributed by atoms with Crippen LogP contribution >= 0.6 is 22.9 Å². The third-order valence-corrected chi connectivity index (χ3v) is 5.72. The zero-order valence-electron chi connectivity index (χ0n) is 15.1. The number of thiophene rings is 1. The molecule has 1 amide bonds. The first-order chi connectivity index (χ1) is 13.9. The maximum absolute atomic E-state index is 12.7. The van der Waals surface area contributed by atoms with Gasteiger partial charge >= 0.3 is 5.69 Å². The number of hydrogen-bond donors (Lipinski definition) is 1. The summed E-state index contributed by atoms with van der Waals surface area (Å²) in [7, 11) is 0. The van der Waals surface area contributed by atoms with E-state index in [0.29, 0.717) is 16.4 Å². The average molecular weight is 428 g/mol. The monoisotopic (exact) mass is 427 g/mol. The van der Waals surface area contributed by atoms with Gasteiger partial charge in [0.05, 0.1) is 22.0 Å². The predicted molar refractivity (Wildman–Crippen MR) is 112 cm³/mol. The number of rotatable bonds is 5. The number of hydrogen-bond acceptors (Lipinski definition) is 6. The molecule has 10 heteroatoms. The summed E-state index contributed by atoms with van der Waals surface area (Å²) >= 11 is 7.22. The van der Waals surface area contributed by atoms with Crippen LogP contribution in [0.4, 0.5) is 11.4 Å². The smallest absolute Gasteiger partial charge is 0.310 e. The summed E-state index contributed by atoms with van der Waals surface area (Å²) < 4.78 is 1.84. The number of amides is 1. The Balaban J connectivity index is 1.63. The maximum Gasteiger partial charge on any atom is 0.310 e. The minimum Gasteiger partial charge on any atom is -0.315 e. The molecule has 3 heterocycles. The normalized spacial score (nSPS) is 11.0. The second kappa shape index (κ2) is 7.61. The highest BCUT2D eigenvalue weighted by molar-refractivity contribution is 7.20. The molecule has 0 aliphatic carbocycles. The summed E-state index contributed by atoms with van der Waals surface area (Å²) in [6, 6.07) is 10.6. The minimum absolute atomic E-state index is 0.104. The van der Waals surface area contributed by atoms with Crippen molar-refractivity contribution in [2.45, 2.75) is 13.5 Å². The summed E-state index contributed by atoms with van der Waals surface area (Å²) in [4.78, 5) is 28.3. The molecule has 0 fully saturated rings. The molecule has 4 aromatic rings. The lowest BCUT2D eigenvalue weighted by atomic mass is 10.2. The van der Waals surface area contributed by atoms with Gasteiger partial charge < -0.3 is 5.32 Å². The molecule has 4 rings (SSSR count). The van der Waals surface area contributed by atoms with E-state index in [0.717, 1.165) is 27.7 Å². The van der Waals surface area contributed by atoms with Crippen molar-refractivity contribution >= 4 is 50.4 Å². The summed E-state index contributed by atoms with van der Waals surface area (Å²) in [5.74, 6) is -0.419. The van der Waals surface area contributed by atoms with Crippen molar-refractivity contribution < 1.29 is 9.72 Å². The van der Waals surface area contributed by atoms with Crippen molar-refractivity contribution in [3.63, 3.8) is 0 Å². The number of halogens is 1. The van der Waals surface area contributed by atoms with E-state index in [9.17, 15) is 14.9 Å². The van der Waals surface area contributed by atoms with Gasteiger partial charge in [0.2, 0.25) is 0 Å². The van der Waals surface area contributed by atoms with Gasteiger partial charge in [-0.3, -0.25) is 24.6 Å². The SMILES string of the molecule is Cc1nn(Cc2ccc(Cl)cc2)c2sc(C(=O)Nc3ccncc3[N+](=O)[O-])cc12. The van der Waals surface area contributed by atoms with Gasteiger partial charge in [0.25, 0.3) is 5.91 Å². The zero-order valence-corrected chi connectivity index (χ0v) is 16.7. The second-order valence-corrected chi connectivity index (χ2v) is 7.77. The Kier molecular flexibility index (Phi) is 4.99. The van der Waals surface area contributed by atoms with E-state index in [2.05, 4.69) is 15.4 Å².